The van der Waals surface area contributed by atoms with Crippen LogP contribution < -0.4 is 0 Å². The highest BCUT2D eigenvalue weighted by molar-refractivity contribution is 7.13. The summed E-state index contributed by atoms with van der Waals surface area (Å²) in [5, 5.41) is 0. The third kappa shape index (κ3) is 3.09. The Morgan fingerprint density at radius 2 is 1.54 bits per heavy atom. The van der Waals surface area contributed by atoms with Gasteiger partial charge in [0.1, 0.15) is 0 Å². The van der Waals surface area contributed by atoms with Crippen molar-refractivity contribution in [2.24, 2.45) is 7.05 Å². The van der Waals surface area contributed by atoms with E-state index in [-0.39, 0.29) is 5.91 Å². The summed E-state index contributed by atoms with van der Waals surface area (Å²) >= 11 is 1.65. The fourth-order valence-corrected chi connectivity index (χ4v) is 3.88. The monoisotopic (exact) mass is 341 g/mol. The Morgan fingerprint density at radius 1 is 0.958 bits per heavy atom. The van der Waals surface area contributed by atoms with Crippen LogP contribution in [0.25, 0.3) is 21.3 Å². The highest BCUT2D eigenvalue weighted by Crippen LogP contribution is 2.23. The van der Waals surface area contributed by atoms with Gasteiger partial charge in [-0.25, -0.2) is 0 Å². The summed E-state index contributed by atoms with van der Waals surface area (Å²) in [5.41, 5.74) is 2.94. The molecular formula is C19H23N3OS. The second-order valence-electron chi connectivity index (χ2n) is 5.74. The molecule has 0 bridgehead atoms. The van der Waals surface area contributed by atoms with Crippen LogP contribution in [0, 0.1) is 0 Å². The van der Waals surface area contributed by atoms with Gasteiger partial charge >= 0.3 is 0 Å². The lowest BCUT2D eigenvalue weighted by atomic mass is 10.2. The zero-order chi connectivity index (χ0) is 17.1. The largest absolute Gasteiger partial charge is 0.298 e. The van der Waals surface area contributed by atoms with E-state index in [1.165, 1.54) is 0 Å². The number of carbonyl (C=O) groups is 1. The molecule has 0 saturated heterocycles. The van der Waals surface area contributed by atoms with E-state index in [0.717, 1.165) is 34.3 Å². The Hall–Kier alpha value is -2.11. The maximum absolute atomic E-state index is 13.2. The molecule has 0 aliphatic rings. The first kappa shape index (κ1) is 16.7. The van der Waals surface area contributed by atoms with Crippen molar-refractivity contribution in [2.45, 2.75) is 13.8 Å². The number of hydrogen-bond acceptors (Lipinski definition) is 3. The first-order valence-electron chi connectivity index (χ1n) is 8.30. The topological polar surface area (TPSA) is 30.2 Å². The van der Waals surface area contributed by atoms with Crippen LogP contribution in [0.5, 0.6) is 0 Å². The van der Waals surface area contributed by atoms with Crippen molar-refractivity contribution in [1.29, 1.82) is 0 Å². The average molecular weight is 341 g/mol. The van der Waals surface area contributed by atoms with Crippen LogP contribution in [0.4, 0.5) is 0 Å². The molecule has 0 saturated carbocycles. The molecule has 5 heteroatoms. The van der Waals surface area contributed by atoms with E-state index in [0.29, 0.717) is 6.54 Å². The SMILES string of the molecule is CCN(CC)CC(=O)n1c2ccccc2sn(C)c2ccccc21. The van der Waals surface area contributed by atoms with Gasteiger partial charge in [-0.3, -0.25) is 18.2 Å². The van der Waals surface area contributed by atoms with Crippen molar-refractivity contribution in [2.75, 3.05) is 19.6 Å². The molecule has 0 unspecified atom stereocenters. The molecule has 4 nitrogen and oxygen atoms in total. The molecule has 1 heterocycles. The standard InChI is InChI=1S/C19H23N3OS/c1-4-21(5-2)14-19(23)22-16-11-7-6-10-15(16)20(3)24-18-13-9-8-12-17(18)22/h6-13H,4-5,14H2,1-3H3. The van der Waals surface area contributed by atoms with Crippen LogP contribution in [0.2, 0.25) is 0 Å². The number of aromatic nitrogens is 2. The maximum atomic E-state index is 13.2. The van der Waals surface area contributed by atoms with Crippen molar-refractivity contribution in [1.82, 2.24) is 13.4 Å². The van der Waals surface area contributed by atoms with Crippen molar-refractivity contribution in [3.63, 3.8) is 0 Å². The van der Waals surface area contributed by atoms with Crippen LogP contribution in [-0.4, -0.2) is 39.0 Å². The summed E-state index contributed by atoms with van der Waals surface area (Å²) in [6.45, 7) is 6.33. The van der Waals surface area contributed by atoms with Crippen LogP contribution in [0.3, 0.4) is 0 Å². The minimum absolute atomic E-state index is 0.106. The Kier molecular flexibility index (Phi) is 5.02. The summed E-state index contributed by atoms with van der Waals surface area (Å²) in [7, 11) is 2.04. The fourth-order valence-electron chi connectivity index (χ4n) is 2.94. The highest BCUT2D eigenvalue weighted by Gasteiger charge is 2.14. The number of aryl methyl sites for hydroxylation is 1. The minimum atomic E-state index is 0.106. The number of rotatable bonds is 4. The summed E-state index contributed by atoms with van der Waals surface area (Å²) in [6.07, 6.45) is 0. The molecule has 0 aliphatic heterocycles. The number of likely N-dealkylation sites (N-methyl/N-ethyl adjacent to an activating group) is 1. The lowest BCUT2D eigenvalue weighted by molar-refractivity contribution is 0.0865. The highest BCUT2D eigenvalue weighted by atomic mass is 32.1. The van der Waals surface area contributed by atoms with Crippen LogP contribution in [0.1, 0.15) is 18.6 Å². The van der Waals surface area contributed by atoms with Gasteiger partial charge in [-0.1, -0.05) is 49.6 Å². The molecule has 0 fully saturated rings. The zero-order valence-electron chi connectivity index (χ0n) is 14.4. The maximum Gasteiger partial charge on any atom is 0.245 e. The van der Waals surface area contributed by atoms with E-state index in [1.807, 2.05) is 48.0 Å². The van der Waals surface area contributed by atoms with Crippen molar-refractivity contribution in [3.05, 3.63) is 48.5 Å². The molecule has 3 rings (SSSR count). The van der Waals surface area contributed by atoms with Crippen molar-refractivity contribution < 1.29 is 4.79 Å². The van der Waals surface area contributed by atoms with Gasteiger partial charge in [-0.05, 0) is 37.4 Å². The van der Waals surface area contributed by atoms with Crippen molar-refractivity contribution in [3.8, 4) is 0 Å². The molecular weight excluding hydrogens is 318 g/mol. The molecule has 0 N–H and O–H groups in total. The second-order valence-corrected chi connectivity index (χ2v) is 6.91. The Labute approximate surface area is 146 Å². The van der Waals surface area contributed by atoms with E-state index in [2.05, 4.69) is 34.8 Å². The molecule has 0 amide bonds. The minimum Gasteiger partial charge on any atom is -0.298 e. The summed E-state index contributed by atoms with van der Waals surface area (Å²) < 4.78 is 5.09. The Balaban J connectivity index is 2.34. The number of hydrogen-bond donors (Lipinski definition) is 0. The van der Waals surface area contributed by atoms with Gasteiger partial charge in [0, 0.05) is 7.05 Å². The number of nitrogens with zero attached hydrogens (tertiary/aromatic N) is 3. The number of fused-ring (bicyclic) bond motifs is 2. The number of benzene rings is 2. The molecule has 0 aliphatic carbocycles. The van der Waals surface area contributed by atoms with Crippen LogP contribution in [-0.2, 0) is 7.05 Å². The fraction of sp³-hybridized carbons (Fsp3) is 0.316. The molecule has 2 aromatic carbocycles. The van der Waals surface area contributed by atoms with Gasteiger partial charge in [-0.15, -0.1) is 0 Å². The lowest BCUT2D eigenvalue weighted by Gasteiger charge is -2.18. The third-order valence-electron chi connectivity index (χ3n) is 4.31. The van der Waals surface area contributed by atoms with Gasteiger partial charge in [0.25, 0.3) is 0 Å². The van der Waals surface area contributed by atoms with Gasteiger partial charge in [-0.2, -0.15) is 0 Å². The van der Waals surface area contributed by atoms with Gasteiger partial charge in [0.05, 0.1) is 27.8 Å². The van der Waals surface area contributed by atoms with E-state index in [4.69, 9.17) is 0 Å². The summed E-state index contributed by atoms with van der Waals surface area (Å²) in [6, 6.07) is 16.2. The normalized spacial score (nSPS) is 11.3. The molecule has 0 spiro atoms. The van der Waals surface area contributed by atoms with Crippen LogP contribution >= 0.6 is 11.5 Å². The first-order chi connectivity index (χ1) is 11.7. The van der Waals surface area contributed by atoms with E-state index >= 15 is 0 Å². The lowest BCUT2D eigenvalue weighted by Crippen LogP contribution is -2.32. The molecule has 1 aromatic heterocycles. The number of carbonyl (C=O) groups excluding carboxylic acids is 1. The predicted molar refractivity (Wildman–Crippen MR) is 102 cm³/mol. The van der Waals surface area contributed by atoms with Gasteiger partial charge < -0.3 is 0 Å². The smallest absolute Gasteiger partial charge is 0.245 e. The third-order valence-corrected chi connectivity index (χ3v) is 5.32. The molecule has 126 valence electrons. The zero-order valence-corrected chi connectivity index (χ0v) is 15.2. The average Bonchev–Trinajstić information content (AvgIpc) is 2.73. The summed E-state index contributed by atoms with van der Waals surface area (Å²) in [4.78, 5) is 15.3. The predicted octanol–water partition coefficient (Wildman–Crippen LogP) is 4.30. The van der Waals surface area contributed by atoms with Crippen LogP contribution in [0.15, 0.2) is 48.5 Å². The van der Waals surface area contributed by atoms with Crippen molar-refractivity contribution >= 4 is 38.7 Å². The molecule has 3 aromatic rings. The quantitative estimate of drug-likeness (QED) is 0.708. The second kappa shape index (κ2) is 7.20. The van der Waals surface area contributed by atoms with E-state index < -0.39 is 0 Å². The molecule has 24 heavy (non-hydrogen) atoms. The Morgan fingerprint density at radius 3 is 2.21 bits per heavy atom. The first-order valence-corrected chi connectivity index (χ1v) is 9.08. The number of para-hydroxylation sites is 3. The molecule has 0 radical (unpaired) electrons. The Bertz CT molecular complexity index is 913. The van der Waals surface area contributed by atoms with E-state index in [1.54, 1.807) is 11.5 Å². The van der Waals surface area contributed by atoms with Gasteiger partial charge in [0.15, 0.2) is 0 Å². The molecule has 0 atom stereocenters. The van der Waals surface area contributed by atoms with E-state index in [9.17, 15) is 4.79 Å². The van der Waals surface area contributed by atoms with Gasteiger partial charge in [0.2, 0.25) is 5.91 Å². The summed E-state index contributed by atoms with van der Waals surface area (Å²) in [5.74, 6) is 0.106.